The molecular formula is C18H20N2O3S2. The molecule has 1 aliphatic heterocycles. The summed E-state index contributed by atoms with van der Waals surface area (Å²) in [6.45, 7) is 4.63. The van der Waals surface area contributed by atoms with Gasteiger partial charge in [-0.25, -0.2) is 4.98 Å². The smallest absolute Gasteiger partial charge is 0.308 e. The Morgan fingerprint density at radius 1 is 1.36 bits per heavy atom. The SMILES string of the molecule is Cc1nc(CSc2ccccc2C(=O)N2C[C@@H](C)[C@H](C(=O)O)C2)cs1. The third-order valence-electron chi connectivity index (χ3n) is 4.38. The molecule has 0 spiro atoms. The summed E-state index contributed by atoms with van der Waals surface area (Å²) >= 11 is 3.21. The van der Waals surface area contributed by atoms with E-state index < -0.39 is 11.9 Å². The van der Waals surface area contributed by atoms with E-state index in [9.17, 15) is 14.7 Å². The normalized spacial score (nSPS) is 20.0. The van der Waals surface area contributed by atoms with Crippen LogP contribution in [0.2, 0.25) is 0 Å². The molecule has 25 heavy (non-hydrogen) atoms. The van der Waals surface area contributed by atoms with E-state index in [0.29, 0.717) is 17.9 Å². The van der Waals surface area contributed by atoms with Crippen molar-refractivity contribution in [3.8, 4) is 0 Å². The van der Waals surface area contributed by atoms with Crippen LogP contribution in [0, 0.1) is 18.8 Å². The van der Waals surface area contributed by atoms with Gasteiger partial charge in [-0.1, -0.05) is 19.1 Å². The standard InChI is InChI=1S/C18H20N2O3S2/c1-11-7-20(8-15(11)18(22)23)17(21)14-5-3-4-6-16(14)25-10-13-9-24-12(2)19-13/h3-6,9,11,15H,7-8,10H2,1-2H3,(H,22,23)/t11-,15-/m1/s1. The minimum atomic E-state index is -0.829. The number of carbonyl (C=O) groups is 2. The highest BCUT2D eigenvalue weighted by Gasteiger charge is 2.37. The fourth-order valence-electron chi connectivity index (χ4n) is 3.02. The first-order chi connectivity index (χ1) is 12.0. The van der Waals surface area contributed by atoms with Crippen molar-refractivity contribution in [3.63, 3.8) is 0 Å². The fraction of sp³-hybridized carbons (Fsp3) is 0.389. The topological polar surface area (TPSA) is 70.5 Å². The van der Waals surface area contributed by atoms with Gasteiger partial charge in [0.15, 0.2) is 0 Å². The molecule has 1 amide bonds. The van der Waals surface area contributed by atoms with Crippen LogP contribution in [0.25, 0.3) is 0 Å². The Bertz CT molecular complexity index is 790. The molecule has 7 heteroatoms. The van der Waals surface area contributed by atoms with Crippen molar-refractivity contribution < 1.29 is 14.7 Å². The van der Waals surface area contributed by atoms with Crippen LogP contribution in [0.1, 0.15) is 28.0 Å². The van der Waals surface area contributed by atoms with E-state index in [-0.39, 0.29) is 18.4 Å². The summed E-state index contributed by atoms with van der Waals surface area (Å²) in [5, 5.41) is 12.3. The van der Waals surface area contributed by atoms with Gasteiger partial charge in [-0.3, -0.25) is 9.59 Å². The lowest BCUT2D eigenvalue weighted by atomic mass is 9.99. The van der Waals surface area contributed by atoms with Crippen LogP contribution in [0.4, 0.5) is 0 Å². The van der Waals surface area contributed by atoms with Crippen molar-refractivity contribution in [2.75, 3.05) is 13.1 Å². The van der Waals surface area contributed by atoms with Gasteiger partial charge >= 0.3 is 5.97 Å². The molecule has 0 radical (unpaired) electrons. The van der Waals surface area contributed by atoms with Gasteiger partial charge in [0.2, 0.25) is 0 Å². The number of nitrogens with zero attached hydrogens (tertiary/aromatic N) is 2. The molecule has 1 aromatic heterocycles. The van der Waals surface area contributed by atoms with Gasteiger partial charge in [0.1, 0.15) is 0 Å². The summed E-state index contributed by atoms with van der Waals surface area (Å²) in [4.78, 5) is 31.2. The minimum Gasteiger partial charge on any atom is -0.481 e. The average molecular weight is 377 g/mol. The van der Waals surface area contributed by atoms with Gasteiger partial charge in [0, 0.05) is 29.1 Å². The predicted octanol–water partition coefficient (Wildman–Crippen LogP) is 3.54. The minimum absolute atomic E-state index is 0.0285. The Hall–Kier alpha value is -1.86. The molecule has 2 atom stereocenters. The second-order valence-electron chi connectivity index (χ2n) is 6.27. The maximum absolute atomic E-state index is 12.9. The molecule has 1 fully saturated rings. The zero-order valence-electron chi connectivity index (χ0n) is 14.1. The van der Waals surface area contributed by atoms with E-state index in [2.05, 4.69) is 4.98 Å². The summed E-state index contributed by atoms with van der Waals surface area (Å²) in [6.07, 6.45) is 0. The summed E-state index contributed by atoms with van der Waals surface area (Å²) in [7, 11) is 0. The molecule has 0 bridgehead atoms. The van der Waals surface area contributed by atoms with Gasteiger partial charge in [-0.2, -0.15) is 0 Å². The number of thiazole rings is 1. The lowest BCUT2D eigenvalue weighted by molar-refractivity contribution is -0.142. The summed E-state index contributed by atoms with van der Waals surface area (Å²) < 4.78 is 0. The zero-order chi connectivity index (χ0) is 18.0. The number of aryl methyl sites for hydroxylation is 1. The van der Waals surface area contributed by atoms with Gasteiger partial charge in [-0.15, -0.1) is 23.1 Å². The van der Waals surface area contributed by atoms with E-state index >= 15 is 0 Å². The van der Waals surface area contributed by atoms with E-state index in [1.54, 1.807) is 28.0 Å². The van der Waals surface area contributed by atoms with Crippen molar-refractivity contribution in [2.24, 2.45) is 11.8 Å². The van der Waals surface area contributed by atoms with Crippen molar-refractivity contribution in [1.29, 1.82) is 0 Å². The number of aromatic nitrogens is 1. The van der Waals surface area contributed by atoms with Crippen molar-refractivity contribution in [1.82, 2.24) is 9.88 Å². The maximum Gasteiger partial charge on any atom is 0.308 e. The van der Waals surface area contributed by atoms with Crippen LogP contribution in [-0.2, 0) is 10.5 Å². The third kappa shape index (κ3) is 4.04. The van der Waals surface area contributed by atoms with E-state index in [4.69, 9.17) is 0 Å². The Balaban J connectivity index is 1.74. The lowest BCUT2D eigenvalue weighted by Crippen LogP contribution is -2.30. The molecule has 1 aliphatic rings. The molecule has 0 unspecified atom stereocenters. The fourth-order valence-corrected chi connectivity index (χ4v) is 4.67. The van der Waals surface area contributed by atoms with Gasteiger partial charge in [0.25, 0.3) is 5.91 Å². The number of rotatable bonds is 5. The van der Waals surface area contributed by atoms with Crippen LogP contribution in [-0.4, -0.2) is 40.0 Å². The van der Waals surface area contributed by atoms with Crippen LogP contribution in [0.15, 0.2) is 34.5 Å². The molecule has 2 aromatic rings. The lowest BCUT2D eigenvalue weighted by Gasteiger charge is -2.18. The number of benzene rings is 1. The largest absolute Gasteiger partial charge is 0.481 e. The number of aliphatic carboxylic acids is 1. The highest BCUT2D eigenvalue weighted by molar-refractivity contribution is 7.98. The van der Waals surface area contributed by atoms with Gasteiger partial charge in [0.05, 0.1) is 22.2 Å². The molecular weight excluding hydrogens is 356 g/mol. The monoisotopic (exact) mass is 376 g/mol. The molecule has 5 nitrogen and oxygen atoms in total. The van der Waals surface area contributed by atoms with Crippen molar-refractivity contribution >= 4 is 35.0 Å². The summed E-state index contributed by atoms with van der Waals surface area (Å²) in [5.74, 6) is -0.721. The van der Waals surface area contributed by atoms with E-state index in [0.717, 1.165) is 15.6 Å². The number of thioether (sulfide) groups is 1. The second kappa shape index (κ2) is 7.58. The van der Waals surface area contributed by atoms with E-state index in [1.165, 1.54) is 0 Å². The molecule has 1 aromatic carbocycles. The number of carboxylic acid groups (broad SMARTS) is 1. The van der Waals surface area contributed by atoms with Crippen LogP contribution in [0.3, 0.4) is 0 Å². The number of carboxylic acids is 1. The number of hydrogen-bond donors (Lipinski definition) is 1. The highest BCUT2D eigenvalue weighted by Crippen LogP contribution is 2.30. The number of amides is 1. The Morgan fingerprint density at radius 3 is 2.76 bits per heavy atom. The first-order valence-corrected chi connectivity index (χ1v) is 9.97. The Morgan fingerprint density at radius 2 is 2.12 bits per heavy atom. The van der Waals surface area contributed by atoms with Crippen LogP contribution >= 0.6 is 23.1 Å². The summed E-state index contributed by atoms with van der Waals surface area (Å²) in [5.41, 5.74) is 1.65. The third-order valence-corrected chi connectivity index (χ3v) is 6.31. The number of hydrogen-bond acceptors (Lipinski definition) is 5. The Kier molecular flexibility index (Phi) is 5.44. The quantitative estimate of drug-likeness (QED) is 0.808. The second-order valence-corrected chi connectivity index (χ2v) is 8.35. The molecule has 1 N–H and O–H groups in total. The Labute approximate surface area is 155 Å². The predicted molar refractivity (Wildman–Crippen MR) is 99.0 cm³/mol. The van der Waals surface area contributed by atoms with Gasteiger partial charge < -0.3 is 10.0 Å². The molecule has 3 rings (SSSR count). The van der Waals surface area contributed by atoms with Gasteiger partial charge in [-0.05, 0) is 25.0 Å². The molecule has 2 heterocycles. The molecule has 0 saturated carbocycles. The zero-order valence-corrected chi connectivity index (χ0v) is 15.8. The van der Waals surface area contributed by atoms with Crippen molar-refractivity contribution in [3.05, 3.63) is 45.9 Å². The van der Waals surface area contributed by atoms with Crippen molar-refractivity contribution in [2.45, 2.75) is 24.5 Å². The van der Waals surface area contributed by atoms with Crippen LogP contribution in [0.5, 0.6) is 0 Å². The molecule has 0 aliphatic carbocycles. The van der Waals surface area contributed by atoms with Crippen LogP contribution < -0.4 is 0 Å². The maximum atomic E-state index is 12.9. The first kappa shape index (κ1) is 17.9. The molecule has 132 valence electrons. The molecule has 1 saturated heterocycles. The summed E-state index contributed by atoms with van der Waals surface area (Å²) in [6, 6.07) is 7.51. The average Bonchev–Trinajstić information content (AvgIpc) is 3.18. The van der Waals surface area contributed by atoms with E-state index in [1.807, 2.05) is 43.5 Å². The number of likely N-dealkylation sites (tertiary alicyclic amines) is 1. The first-order valence-electron chi connectivity index (χ1n) is 8.10. The number of carbonyl (C=O) groups excluding carboxylic acids is 1. The highest BCUT2D eigenvalue weighted by atomic mass is 32.2.